The molecule has 1 N–H and O–H groups in total. The molecule has 4 aliphatic rings. The summed E-state index contributed by atoms with van der Waals surface area (Å²) < 4.78 is 0. The number of hydrazone groups is 1. The maximum absolute atomic E-state index is 14.3. The molecule has 4 aromatic carbocycles. The zero-order valence-corrected chi connectivity index (χ0v) is 22.6. The molecule has 1 saturated heterocycles. The van der Waals surface area contributed by atoms with E-state index < -0.39 is 34.0 Å². The molecule has 3 amide bonds. The van der Waals surface area contributed by atoms with Gasteiger partial charge >= 0.3 is 0 Å². The quantitative estimate of drug-likeness (QED) is 0.151. The Labute approximate surface area is 244 Å². The van der Waals surface area contributed by atoms with Crippen LogP contribution in [-0.4, -0.2) is 28.9 Å². The van der Waals surface area contributed by atoms with Gasteiger partial charge in [-0.25, -0.2) is 10.3 Å². The number of carbonyl (C=O) groups excluding carboxylic acids is 3. The zero-order valence-electron chi connectivity index (χ0n) is 21.8. The second-order valence-corrected chi connectivity index (χ2v) is 11.0. The third-order valence-electron chi connectivity index (χ3n) is 8.54. The van der Waals surface area contributed by atoms with Crippen LogP contribution in [0.4, 0.5) is 11.4 Å². The third kappa shape index (κ3) is 3.56. The van der Waals surface area contributed by atoms with Crippen LogP contribution in [0, 0.1) is 22.0 Å². The first-order valence-electron chi connectivity index (χ1n) is 13.2. The minimum Gasteiger partial charge on any atom is -0.274 e. The van der Waals surface area contributed by atoms with Gasteiger partial charge in [0.05, 0.1) is 27.9 Å². The molecule has 0 radical (unpaired) electrons. The van der Waals surface area contributed by atoms with Crippen LogP contribution in [0.3, 0.4) is 0 Å². The van der Waals surface area contributed by atoms with Gasteiger partial charge in [-0.2, -0.15) is 5.10 Å². The van der Waals surface area contributed by atoms with Gasteiger partial charge in [0.15, 0.2) is 0 Å². The van der Waals surface area contributed by atoms with Crippen LogP contribution < -0.4 is 10.3 Å². The molecule has 2 bridgehead atoms. The Morgan fingerprint density at radius 1 is 0.881 bits per heavy atom. The van der Waals surface area contributed by atoms with Crippen molar-refractivity contribution < 1.29 is 19.3 Å². The number of halogens is 1. The zero-order chi connectivity index (χ0) is 29.2. The number of imide groups is 1. The molecule has 0 unspecified atom stereocenters. The Morgan fingerprint density at radius 3 is 2.07 bits per heavy atom. The first kappa shape index (κ1) is 25.8. The fourth-order valence-electron chi connectivity index (χ4n) is 6.89. The van der Waals surface area contributed by atoms with Crippen LogP contribution in [0.5, 0.6) is 0 Å². The standard InChI is InChI=1S/C32H21ClN4O5/c33-19-11-9-18(10-12-19)29(38)35-34-17-32-24-7-3-1-5-22(24)26(23-6-2-4-8-25(23)32)27-28(32)31(40)36(30(27)39)20-13-15-21(16-14-20)37(41)42/h1-17,26-28H,(H,35,38)/b34-17-/t26?,27-,28-,32?/m0/s1. The van der Waals surface area contributed by atoms with Crippen molar-refractivity contribution in [3.63, 3.8) is 0 Å². The van der Waals surface area contributed by atoms with Gasteiger partial charge in [-0.15, -0.1) is 0 Å². The molecule has 9 nitrogen and oxygen atoms in total. The number of rotatable bonds is 5. The van der Waals surface area contributed by atoms with E-state index in [0.29, 0.717) is 10.6 Å². The van der Waals surface area contributed by atoms with Crippen molar-refractivity contribution in [3.8, 4) is 0 Å². The van der Waals surface area contributed by atoms with E-state index in [-0.39, 0.29) is 23.2 Å². The van der Waals surface area contributed by atoms with Crippen molar-refractivity contribution in [1.82, 2.24) is 5.43 Å². The Hall–Kier alpha value is -5.15. The first-order valence-corrected chi connectivity index (χ1v) is 13.6. The van der Waals surface area contributed by atoms with E-state index in [1.807, 2.05) is 48.5 Å². The molecule has 0 saturated carbocycles. The van der Waals surface area contributed by atoms with Crippen LogP contribution in [0.15, 0.2) is 102 Å². The fourth-order valence-corrected chi connectivity index (χ4v) is 7.01. The minimum atomic E-state index is -1.16. The molecule has 10 heteroatoms. The molecule has 1 fully saturated rings. The number of anilines is 1. The molecule has 0 spiro atoms. The van der Waals surface area contributed by atoms with Gasteiger partial charge in [0, 0.05) is 34.9 Å². The number of amides is 3. The highest BCUT2D eigenvalue weighted by Crippen LogP contribution is 2.63. The fraction of sp³-hybridized carbons (Fsp3) is 0.125. The lowest BCUT2D eigenvalue weighted by atomic mass is 9.47. The van der Waals surface area contributed by atoms with Crippen molar-refractivity contribution in [2.45, 2.75) is 11.3 Å². The lowest BCUT2D eigenvalue weighted by Crippen LogP contribution is -2.54. The van der Waals surface area contributed by atoms with Gasteiger partial charge in [0.25, 0.3) is 11.6 Å². The van der Waals surface area contributed by atoms with E-state index in [1.54, 1.807) is 30.5 Å². The molecular weight excluding hydrogens is 556 g/mol. The number of nitrogens with zero attached hydrogens (tertiary/aromatic N) is 3. The van der Waals surface area contributed by atoms with Crippen molar-refractivity contribution >= 4 is 46.9 Å². The van der Waals surface area contributed by atoms with Gasteiger partial charge in [0.1, 0.15) is 0 Å². The van der Waals surface area contributed by atoms with Crippen LogP contribution in [0.2, 0.25) is 5.02 Å². The van der Waals surface area contributed by atoms with Crippen molar-refractivity contribution in [2.24, 2.45) is 16.9 Å². The monoisotopic (exact) mass is 576 g/mol. The number of nitro benzene ring substituents is 1. The molecular formula is C32H21ClN4O5. The Bertz CT molecular complexity index is 1790. The maximum atomic E-state index is 14.3. The third-order valence-corrected chi connectivity index (χ3v) is 8.80. The van der Waals surface area contributed by atoms with E-state index in [2.05, 4.69) is 10.5 Å². The summed E-state index contributed by atoms with van der Waals surface area (Å²) in [7, 11) is 0. The van der Waals surface area contributed by atoms with Crippen LogP contribution >= 0.6 is 11.6 Å². The number of nitrogens with one attached hydrogen (secondary N) is 1. The van der Waals surface area contributed by atoms with Crippen LogP contribution in [-0.2, 0) is 15.0 Å². The summed E-state index contributed by atoms with van der Waals surface area (Å²) in [6.45, 7) is 0. The second-order valence-electron chi connectivity index (χ2n) is 10.5. The van der Waals surface area contributed by atoms with Gasteiger partial charge in [0.2, 0.25) is 11.8 Å². The molecule has 0 aromatic heterocycles. The van der Waals surface area contributed by atoms with Gasteiger partial charge in [-0.3, -0.25) is 24.5 Å². The highest BCUT2D eigenvalue weighted by atomic mass is 35.5. The molecule has 1 heterocycles. The smallest absolute Gasteiger partial charge is 0.271 e. The summed E-state index contributed by atoms with van der Waals surface area (Å²) in [5.41, 5.74) is 5.41. The highest BCUT2D eigenvalue weighted by Gasteiger charge is 2.68. The molecule has 3 aliphatic carbocycles. The van der Waals surface area contributed by atoms with Gasteiger partial charge in [-0.05, 0) is 58.7 Å². The summed E-state index contributed by atoms with van der Waals surface area (Å²) in [5.74, 6) is -3.23. The molecule has 4 aromatic rings. The lowest BCUT2D eigenvalue weighted by molar-refractivity contribution is -0.384. The lowest BCUT2D eigenvalue weighted by Gasteiger charge is -2.52. The molecule has 206 valence electrons. The number of non-ortho nitro benzene ring substituents is 1. The van der Waals surface area contributed by atoms with E-state index >= 15 is 0 Å². The summed E-state index contributed by atoms with van der Waals surface area (Å²) in [6, 6.07) is 27.1. The molecule has 8 rings (SSSR count). The first-order chi connectivity index (χ1) is 20.3. The van der Waals surface area contributed by atoms with Crippen LogP contribution in [0.1, 0.15) is 38.5 Å². The summed E-state index contributed by atoms with van der Waals surface area (Å²) in [4.78, 5) is 53.2. The van der Waals surface area contributed by atoms with Crippen molar-refractivity contribution in [3.05, 3.63) is 140 Å². The van der Waals surface area contributed by atoms with Crippen molar-refractivity contribution in [1.29, 1.82) is 0 Å². The topological polar surface area (TPSA) is 122 Å². The number of nitro groups is 1. The number of hydrogen-bond acceptors (Lipinski definition) is 6. The average molecular weight is 577 g/mol. The normalized spacial score (nSPS) is 23.5. The second kappa shape index (κ2) is 9.46. The summed E-state index contributed by atoms with van der Waals surface area (Å²) in [5, 5.41) is 16.1. The largest absolute Gasteiger partial charge is 0.274 e. The Balaban J connectivity index is 1.37. The maximum Gasteiger partial charge on any atom is 0.271 e. The highest BCUT2D eigenvalue weighted by molar-refractivity contribution is 6.30. The minimum absolute atomic E-state index is 0.143. The average Bonchev–Trinajstić information content (AvgIpc) is 3.28. The van der Waals surface area contributed by atoms with E-state index in [1.165, 1.54) is 24.3 Å². The summed E-state index contributed by atoms with van der Waals surface area (Å²) >= 11 is 5.96. The van der Waals surface area contributed by atoms with Crippen molar-refractivity contribution in [2.75, 3.05) is 4.90 Å². The molecule has 42 heavy (non-hydrogen) atoms. The van der Waals surface area contributed by atoms with Gasteiger partial charge in [-0.1, -0.05) is 60.1 Å². The van der Waals surface area contributed by atoms with E-state index in [4.69, 9.17) is 11.6 Å². The van der Waals surface area contributed by atoms with E-state index in [0.717, 1.165) is 27.2 Å². The summed E-state index contributed by atoms with van der Waals surface area (Å²) in [6.07, 6.45) is 1.58. The molecule has 1 aliphatic heterocycles. The predicted molar refractivity (Wildman–Crippen MR) is 155 cm³/mol. The Kier molecular flexibility index (Phi) is 5.81. The number of benzene rings is 4. The number of hydrogen-bond donors (Lipinski definition) is 1. The predicted octanol–water partition coefficient (Wildman–Crippen LogP) is 5.21. The molecule has 2 atom stereocenters. The van der Waals surface area contributed by atoms with E-state index in [9.17, 15) is 24.5 Å². The van der Waals surface area contributed by atoms with Crippen LogP contribution in [0.25, 0.3) is 0 Å². The van der Waals surface area contributed by atoms with Gasteiger partial charge < -0.3 is 0 Å². The number of carbonyl (C=O) groups is 3. The SMILES string of the molecule is O=C(N/N=C\C12c3ccccc3C(c3ccccc31)[C@@H]1C(=O)N(c3ccc([N+](=O)[O-])cc3)C(=O)[C@H]12)c1ccc(Cl)cc1. The Morgan fingerprint density at radius 2 is 1.48 bits per heavy atom.